The van der Waals surface area contributed by atoms with E-state index in [-0.39, 0.29) is 11.6 Å². The number of hydrogen-bond acceptors (Lipinski definition) is 3. The van der Waals surface area contributed by atoms with Crippen LogP contribution in [0, 0.1) is 0 Å². The molecule has 1 aliphatic heterocycles. The molecule has 82 valence electrons. The van der Waals surface area contributed by atoms with Crippen molar-refractivity contribution in [3.63, 3.8) is 0 Å². The zero-order valence-electron chi connectivity index (χ0n) is 7.88. The van der Waals surface area contributed by atoms with E-state index in [0.29, 0.717) is 13.1 Å². The van der Waals surface area contributed by atoms with Gasteiger partial charge in [0.2, 0.25) is 5.90 Å². The molecule has 0 N–H and O–H groups in total. The summed E-state index contributed by atoms with van der Waals surface area (Å²) in [4.78, 5) is 3.95. The summed E-state index contributed by atoms with van der Waals surface area (Å²) in [5, 5.41) is 3.45. The lowest BCUT2D eigenvalue weighted by Gasteiger charge is -2.12. The highest BCUT2D eigenvalue weighted by Gasteiger charge is 2.36. The molecule has 0 bridgehead atoms. The third-order valence-corrected chi connectivity index (χ3v) is 2.05. The maximum absolute atomic E-state index is 12.3. The van der Waals surface area contributed by atoms with Crippen molar-refractivity contribution in [3.8, 4) is 0 Å². The van der Waals surface area contributed by atoms with Gasteiger partial charge >= 0.3 is 6.18 Å². The quantitative estimate of drug-likeness (QED) is 0.659. The highest BCUT2D eigenvalue weighted by molar-refractivity contribution is 5.93. The summed E-state index contributed by atoms with van der Waals surface area (Å²) >= 11 is 0. The van der Waals surface area contributed by atoms with Crippen LogP contribution in [0.3, 0.4) is 0 Å². The van der Waals surface area contributed by atoms with Crippen LogP contribution >= 0.6 is 0 Å². The number of nitrogens with zero attached hydrogens (tertiary/aromatic N) is 3. The Morgan fingerprint density at radius 1 is 1.47 bits per heavy atom. The van der Waals surface area contributed by atoms with Gasteiger partial charge in [0.25, 0.3) is 0 Å². The molecule has 0 saturated heterocycles. The summed E-state index contributed by atoms with van der Waals surface area (Å²) in [5.41, 5.74) is -0.639. The van der Waals surface area contributed by atoms with Crippen molar-refractivity contribution in [3.05, 3.63) is 17.5 Å². The summed E-state index contributed by atoms with van der Waals surface area (Å²) in [6.07, 6.45) is -4.43. The number of methoxy groups -OCH3 is 1. The van der Waals surface area contributed by atoms with Crippen LogP contribution in [-0.4, -0.2) is 29.3 Å². The van der Waals surface area contributed by atoms with E-state index < -0.39 is 11.9 Å². The van der Waals surface area contributed by atoms with Crippen LogP contribution in [0.5, 0.6) is 0 Å². The first-order valence-electron chi connectivity index (χ1n) is 4.26. The highest BCUT2D eigenvalue weighted by Crippen LogP contribution is 2.29. The molecular formula is C8H8F3N3O. The lowest BCUT2D eigenvalue weighted by molar-refractivity contribution is -0.141. The Hall–Kier alpha value is -1.53. The molecule has 2 heterocycles. The monoisotopic (exact) mass is 219 g/mol. The molecule has 0 saturated carbocycles. The Balaban J connectivity index is 2.44. The number of aromatic nitrogens is 2. The molecule has 7 heteroatoms. The van der Waals surface area contributed by atoms with Crippen molar-refractivity contribution < 1.29 is 17.9 Å². The van der Waals surface area contributed by atoms with Gasteiger partial charge < -0.3 is 4.74 Å². The molecule has 1 aromatic rings. The lowest BCUT2D eigenvalue weighted by Crippen LogP contribution is -2.20. The Morgan fingerprint density at radius 3 is 2.80 bits per heavy atom. The van der Waals surface area contributed by atoms with E-state index >= 15 is 0 Å². The third kappa shape index (κ3) is 1.69. The predicted octanol–water partition coefficient (Wildman–Crippen LogP) is 1.31. The van der Waals surface area contributed by atoms with E-state index in [2.05, 4.69) is 10.1 Å². The van der Waals surface area contributed by atoms with E-state index in [4.69, 9.17) is 4.74 Å². The highest BCUT2D eigenvalue weighted by atomic mass is 19.4. The second kappa shape index (κ2) is 3.25. The predicted molar refractivity (Wildman–Crippen MR) is 45.6 cm³/mol. The first-order chi connectivity index (χ1) is 7.02. The molecule has 4 nitrogen and oxygen atoms in total. The SMILES string of the molecule is COC1=NCCn2nc(C(F)(F)F)cc21. The fourth-order valence-corrected chi connectivity index (χ4v) is 1.39. The minimum atomic E-state index is -4.43. The average Bonchev–Trinajstić information content (AvgIpc) is 2.59. The summed E-state index contributed by atoms with van der Waals surface area (Å²) in [5.74, 6) is 0.198. The number of halogens is 3. The van der Waals surface area contributed by atoms with Crippen LogP contribution in [0.1, 0.15) is 11.4 Å². The van der Waals surface area contributed by atoms with Crippen LogP contribution in [0.25, 0.3) is 0 Å². The fourth-order valence-electron chi connectivity index (χ4n) is 1.39. The standard InChI is InChI=1S/C8H8F3N3O/c1-15-7-5-4-6(8(9,10)11)13-14(5)3-2-12-7/h4H,2-3H2,1H3. The zero-order chi connectivity index (χ0) is 11.1. The van der Waals surface area contributed by atoms with Crippen molar-refractivity contribution in [2.45, 2.75) is 12.7 Å². The summed E-state index contributed by atoms with van der Waals surface area (Å²) in [7, 11) is 1.37. The lowest BCUT2D eigenvalue weighted by atomic mass is 10.3. The average molecular weight is 219 g/mol. The Labute approximate surface area is 83.4 Å². The van der Waals surface area contributed by atoms with E-state index in [1.165, 1.54) is 11.8 Å². The topological polar surface area (TPSA) is 39.4 Å². The number of rotatable bonds is 0. The van der Waals surface area contributed by atoms with E-state index in [1.54, 1.807) is 0 Å². The number of alkyl halides is 3. The maximum Gasteiger partial charge on any atom is 0.435 e. The summed E-state index contributed by atoms with van der Waals surface area (Å²) in [6, 6.07) is 0.946. The molecule has 1 aliphatic rings. The van der Waals surface area contributed by atoms with Crippen LogP contribution in [-0.2, 0) is 17.5 Å². The van der Waals surface area contributed by atoms with Gasteiger partial charge in [0, 0.05) is 6.07 Å². The molecule has 0 atom stereocenters. The molecular weight excluding hydrogens is 211 g/mol. The molecule has 15 heavy (non-hydrogen) atoms. The molecule has 0 unspecified atom stereocenters. The van der Waals surface area contributed by atoms with Crippen molar-refractivity contribution in [2.24, 2.45) is 4.99 Å². The molecule has 0 spiro atoms. The molecule has 2 rings (SSSR count). The molecule has 0 aliphatic carbocycles. The van der Waals surface area contributed by atoms with Gasteiger partial charge in [-0.25, -0.2) is 4.99 Å². The molecule has 0 radical (unpaired) electrons. The van der Waals surface area contributed by atoms with Crippen LogP contribution in [0.4, 0.5) is 13.2 Å². The van der Waals surface area contributed by atoms with E-state index in [0.717, 1.165) is 6.07 Å². The number of aliphatic imine (C=N–C) groups is 1. The van der Waals surface area contributed by atoms with Gasteiger partial charge in [0.15, 0.2) is 5.69 Å². The van der Waals surface area contributed by atoms with Gasteiger partial charge in [0.1, 0.15) is 5.69 Å². The zero-order valence-corrected chi connectivity index (χ0v) is 7.88. The number of fused-ring (bicyclic) bond motifs is 1. The van der Waals surface area contributed by atoms with Crippen molar-refractivity contribution in [1.29, 1.82) is 0 Å². The van der Waals surface area contributed by atoms with Crippen LogP contribution < -0.4 is 0 Å². The van der Waals surface area contributed by atoms with E-state index in [1.807, 2.05) is 0 Å². The maximum atomic E-state index is 12.3. The van der Waals surface area contributed by atoms with Gasteiger partial charge in [-0.15, -0.1) is 0 Å². The van der Waals surface area contributed by atoms with Gasteiger partial charge in [-0.2, -0.15) is 18.3 Å². The number of ether oxygens (including phenoxy) is 1. The Kier molecular flexibility index (Phi) is 2.17. The van der Waals surface area contributed by atoms with Crippen molar-refractivity contribution in [2.75, 3.05) is 13.7 Å². The minimum Gasteiger partial charge on any atom is -0.480 e. The van der Waals surface area contributed by atoms with Crippen LogP contribution in [0.2, 0.25) is 0 Å². The fraction of sp³-hybridized carbons (Fsp3) is 0.500. The Morgan fingerprint density at radius 2 is 2.20 bits per heavy atom. The van der Waals surface area contributed by atoms with Crippen molar-refractivity contribution in [1.82, 2.24) is 9.78 Å². The molecule has 1 aromatic heterocycles. The largest absolute Gasteiger partial charge is 0.480 e. The van der Waals surface area contributed by atoms with Crippen molar-refractivity contribution >= 4 is 5.90 Å². The summed E-state index contributed by atoms with van der Waals surface area (Å²) < 4.78 is 43.2. The molecule has 0 aromatic carbocycles. The summed E-state index contributed by atoms with van der Waals surface area (Å²) in [6.45, 7) is 0.730. The smallest absolute Gasteiger partial charge is 0.435 e. The van der Waals surface area contributed by atoms with Gasteiger partial charge in [-0.1, -0.05) is 0 Å². The first kappa shape index (κ1) is 10.0. The van der Waals surface area contributed by atoms with Gasteiger partial charge in [0.05, 0.1) is 20.2 Å². The normalized spacial score (nSPS) is 15.9. The second-order valence-corrected chi connectivity index (χ2v) is 3.03. The third-order valence-electron chi connectivity index (χ3n) is 2.05. The Bertz CT molecular complexity index is 408. The second-order valence-electron chi connectivity index (χ2n) is 3.03. The molecule has 0 amide bonds. The minimum absolute atomic E-state index is 0.198. The first-order valence-corrected chi connectivity index (χ1v) is 4.26. The molecule has 0 fully saturated rings. The van der Waals surface area contributed by atoms with Gasteiger partial charge in [-0.05, 0) is 0 Å². The van der Waals surface area contributed by atoms with Crippen LogP contribution in [0.15, 0.2) is 11.1 Å². The number of hydrogen-bond donors (Lipinski definition) is 0. The van der Waals surface area contributed by atoms with Gasteiger partial charge in [-0.3, -0.25) is 4.68 Å². The van der Waals surface area contributed by atoms with E-state index in [9.17, 15) is 13.2 Å².